The van der Waals surface area contributed by atoms with Crippen LogP contribution in [0.15, 0.2) is 0 Å². The summed E-state index contributed by atoms with van der Waals surface area (Å²) in [5, 5.41) is 6.27. The Bertz CT molecular complexity index is 780. The number of hydrogen-bond donors (Lipinski definition) is 2. The molecule has 4 fully saturated rings. The van der Waals surface area contributed by atoms with Gasteiger partial charge in [0.25, 0.3) is 0 Å². The second kappa shape index (κ2) is 12.0. The molecule has 4 aliphatic rings. The Morgan fingerprint density at radius 2 is 1.75 bits per heavy atom. The van der Waals surface area contributed by atoms with Gasteiger partial charge in [-0.15, -0.1) is 0 Å². The number of nitrogens with zero attached hydrogens (tertiary/aromatic N) is 2. The van der Waals surface area contributed by atoms with Crippen LogP contribution in [0.25, 0.3) is 0 Å². The molecule has 2 saturated heterocycles. The average Bonchev–Trinajstić information content (AvgIpc) is 3.39. The quantitative estimate of drug-likeness (QED) is 0.588. The zero-order chi connectivity index (χ0) is 25.8. The van der Waals surface area contributed by atoms with Gasteiger partial charge in [-0.2, -0.15) is 0 Å². The molecule has 2 heterocycles. The molecule has 2 aliphatic heterocycles. The van der Waals surface area contributed by atoms with Crippen molar-refractivity contribution in [2.45, 2.75) is 96.2 Å². The average molecular weight is 509 g/mol. The lowest BCUT2D eigenvalue weighted by Gasteiger charge is -2.54. The monoisotopic (exact) mass is 508 g/mol. The van der Waals surface area contributed by atoms with Gasteiger partial charge in [0.2, 0.25) is 5.91 Å². The molecule has 2 aliphatic carbocycles. The fourth-order valence-corrected chi connectivity index (χ4v) is 6.79. The first-order valence-corrected chi connectivity index (χ1v) is 13.7. The van der Waals surface area contributed by atoms with Crippen LogP contribution in [0.5, 0.6) is 0 Å². The Balaban J connectivity index is 1.36. The summed E-state index contributed by atoms with van der Waals surface area (Å²) in [4.78, 5) is 42.0. The van der Waals surface area contributed by atoms with Crippen molar-refractivity contribution in [3.8, 4) is 0 Å². The summed E-state index contributed by atoms with van der Waals surface area (Å²) in [5.41, 5.74) is 0. The lowest BCUT2D eigenvalue weighted by Crippen LogP contribution is -2.67. The molecule has 4 unspecified atom stereocenters. The van der Waals surface area contributed by atoms with Crippen molar-refractivity contribution in [3.63, 3.8) is 0 Å². The van der Waals surface area contributed by atoms with E-state index in [-0.39, 0.29) is 54.5 Å². The summed E-state index contributed by atoms with van der Waals surface area (Å²) >= 11 is 0. The highest BCUT2D eigenvalue weighted by Crippen LogP contribution is 2.44. The molecule has 10 heteroatoms. The molecule has 36 heavy (non-hydrogen) atoms. The lowest BCUT2D eigenvalue weighted by atomic mass is 9.68. The highest BCUT2D eigenvalue weighted by molar-refractivity contribution is 5.78. The third-order valence-corrected chi connectivity index (χ3v) is 8.54. The van der Waals surface area contributed by atoms with Crippen LogP contribution < -0.4 is 10.6 Å². The van der Waals surface area contributed by atoms with Crippen LogP contribution in [0.4, 0.5) is 9.59 Å². The molecule has 0 aromatic carbocycles. The Hall–Kier alpha value is -2.07. The van der Waals surface area contributed by atoms with Gasteiger partial charge in [0.15, 0.2) is 0 Å². The molecule has 3 amide bonds. The number of ether oxygens (including phenoxy) is 3. The number of carbonyl (C=O) groups excluding carboxylic acids is 3. The SMILES string of the molecule is COC(=O)N1C2CCC(C3CCC(C(=O)NCC4NCCO4)CC3)CC2N(C(=O)OC(C)C)C[C@@H]1C. The van der Waals surface area contributed by atoms with Crippen molar-refractivity contribution in [1.29, 1.82) is 0 Å². The lowest BCUT2D eigenvalue weighted by molar-refractivity contribution is -0.127. The van der Waals surface area contributed by atoms with E-state index in [1.54, 1.807) is 0 Å². The van der Waals surface area contributed by atoms with Crippen molar-refractivity contribution in [2.75, 3.05) is 33.4 Å². The third kappa shape index (κ3) is 6.07. The molecule has 204 valence electrons. The molecular formula is C26H44N4O6. The number of methoxy groups -OCH3 is 1. The van der Waals surface area contributed by atoms with Gasteiger partial charge in [-0.1, -0.05) is 0 Å². The number of hydrogen-bond acceptors (Lipinski definition) is 7. The molecule has 5 atom stereocenters. The summed E-state index contributed by atoms with van der Waals surface area (Å²) in [6.07, 6.45) is 5.65. The molecular weight excluding hydrogens is 464 g/mol. The van der Waals surface area contributed by atoms with Gasteiger partial charge >= 0.3 is 12.2 Å². The van der Waals surface area contributed by atoms with Crippen LogP contribution in [-0.4, -0.2) is 91.7 Å². The molecule has 2 N–H and O–H groups in total. The largest absolute Gasteiger partial charge is 0.453 e. The minimum atomic E-state index is -0.322. The van der Waals surface area contributed by atoms with E-state index >= 15 is 0 Å². The maximum absolute atomic E-state index is 13.0. The van der Waals surface area contributed by atoms with Crippen molar-refractivity contribution in [3.05, 3.63) is 0 Å². The predicted octanol–water partition coefficient (Wildman–Crippen LogP) is 2.71. The Kier molecular flexibility index (Phi) is 8.98. The number of fused-ring (bicyclic) bond motifs is 1. The number of amides is 3. The topological polar surface area (TPSA) is 109 Å². The van der Waals surface area contributed by atoms with Gasteiger partial charge in [-0.3, -0.25) is 15.0 Å². The van der Waals surface area contributed by atoms with Gasteiger partial charge < -0.3 is 24.4 Å². The number of carbonyl (C=O) groups is 3. The van der Waals surface area contributed by atoms with Gasteiger partial charge in [0.1, 0.15) is 6.23 Å². The maximum atomic E-state index is 13.0. The molecule has 10 nitrogen and oxygen atoms in total. The van der Waals surface area contributed by atoms with E-state index in [1.807, 2.05) is 30.6 Å². The van der Waals surface area contributed by atoms with Crippen molar-refractivity contribution in [2.24, 2.45) is 17.8 Å². The van der Waals surface area contributed by atoms with Gasteiger partial charge in [0.05, 0.1) is 44.5 Å². The van der Waals surface area contributed by atoms with E-state index in [1.165, 1.54) is 7.11 Å². The first kappa shape index (κ1) is 27.0. The summed E-state index contributed by atoms with van der Waals surface area (Å²) in [6, 6.07) is -0.273. The van der Waals surface area contributed by atoms with E-state index in [0.717, 1.165) is 51.5 Å². The summed E-state index contributed by atoms with van der Waals surface area (Å²) < 4.78 is 16.2. The smallest absolute Gasteiger partial charge is 0.410 e. The number of nitrogens with one attached hydrogen (secondary N) is 2. The Morgan fingerprint density at radius 3 is 2.39 bits per heavy atom. The molecule has 0 aromatic heterocycles. The highest BCUT2D eigenvalue weighted by Gasteiger charge is 2.49. The van der Waals surface area contributed by atoms with Gasteiger partial charge in [-0.05, 0) is 77.6 Å². The van der Waals surface area contributed by atoms with Crippen molar-refractivity contribution < 1.29 is 28.6 Å². The Morgan fingerprint density at radius 1 is 1.03 bits per heavy atom. The first-order chi connectivity index (χ1) is 17.3. The molecule has 0 spiro atoms. The Labute approximate surface area is 214 Å². The van der Waals surface area contributed by atoms with E-state index in [2.05, 4.69) is 10.6 Å². The van der Waals surface area contributed by atoms with Crippen LogP contribution in [0, 0.1) is 17.8 Å². The van der Waals surface area contributed by atoms with Crippen LogP contribution in [-0.2, 0) is 19.0 Å². The minimum Gasteiger partial charge on any atom is -0.453 e. The van der Waals surface area contributed by atoms with Crippen molar-refractivity contribution >= 4 is 18.1 Å². The maximum Gasteiger partial charge on any atom is 0.410 e. The van der Waals surface area contributed by atoms with E-state index < -0.39 is 0 Å². The molecule has 0 radical (unpaired) electrons. The fraction of sp³-hybridized carbons (Fsp3) is 0.885. The van der Waals surface area contributed by atoms with Crippen molar-refractivity contribution in [1.82, 2.24) is 20.4 Å². The molecule has 0 aromatic rings. The molecule has 0 bridgehead atoms. The summed E-state index contributed by atoms with van der Waals surface area (Å²) in [5.74, 6) is 1.19. The number of piperazine rings is 1. The van der Waals surface area contributed by atoms with Gasteiger partial charge in [-0.25, -0.2) is 9.59 Å². The zero-order valence-corrected chi connectivity index (χ0v) is 22.2. The van der Waals surface area contributed by atoms with Crippen LogP contribution >= 0.6 is 0 Å². The third-order valence-electron chi connectivity index (χ3n) is 8.54. The normalized spacial score (nSPS) is 34.8. The van der Waals surface area contributed by atoms with Crippen LogP contribution in [0.3, 0.4) is 0 Å². The fourth-order valence-electron chi connectivity index (χ4n) is 6.79. The second-order valence-electron chi connectivity index (χ2n) is 11.2. The number of rotatable bonds is 5. The highest BCUT2D eigenvalue weighted by atomic mass is 16.6. The van der Waals surface area contributed by atoms with E-state index in [0.29, 0.717) is 31.5 Å². The molecule has 4 rings (SSSR count). The predicted molar refractivity (Wildman–Crippen MR) is 133 cm³/mol. The molecule has 2 saturated carbocycles. The first-order valence-electron chi connectivity index (χ1n) is 13.7. The van der Waals surface area contributed by atoms with Gasteiger partial charge in [0, 0.05) is 19.0 Å². The summed E-state index contributed by atoms with van der Waals surface area (Å²) in [7, 11) is 1.42. The van der Waals surface area contributed by atoms with E-state index in [9.17, 15) is 14.4 Å². The standard InChI is InChI=1S/C26H44N4O6/c1-16(2)36-25(32)29-15-17(3)30(26(33)34-4)21-10-9-20(13-22(21)29)18-5-7-19(8-6-18)24(31)28-14-23-27-11-12-35-23/h16-23,27H,5-15H2,1-4H3,(H,28,31)/t17-,18?,19?,20?,21?,22?,23?/m0/s1. The van der Waals surface area contributed by atoms with Crippen LogP contribution in [0.1, 0.15) is 65.7 Å². The van der Waals surface area contributed by atoms with E-state index in [4.69, 9.17) is 14.2 Å². The summed E-state index contributed by atoms with van der Waals surface area (Å²) in [6.45, 7) is 8.17. The minimum absolute atomic E-state index is 0.0573. The van der Waals surface area contributed by atoms with Crippen LogP contribution in [0.2, 0.25) is 0 Å². The second-order valence-corrected chi connectivity index (χ2v) is 11.2. The zero-order valence-electron chi connectivity index (χ0n) is 22.2.